The van der Waals surface area contributed by atoms with Crippen molar-refractivity contribution in [1.82, 2.24) is 4.98 Å². The highest BCUT2D eigenvalue weighted by molar-refractivity contribution is 6.39. The molecule has 0 unspecified atom stereocenters. The summed E-state index contributed by atoms with van der Waals surface area (Å²) < 4.78 is 0. The number of nitrogens with zero attached hydrogens (tertiary/aromatic N) is 3. The molecule has 0 fully saturated rings. The van der Waals surface area contributed by atoms with E-state index in [0.29, 0.717) is 5.39 Å². The summed E-state index contributed by atoms with van der Waals surface area (Å²) in [7, 11) is 0. The minimum Gasteiger partial charge on any atom is -0.258 e. The largest absolute Gasteiger partial charge is 0.295 e. The molecule has 17 heavy (non-hydrogen) atoms. The van der Waals surface area contributed by atoms with Gasteiger partial charge in [-0.2, -0.15) is 5.26 Å². The lowest BCUT2D eigenvalue weighted by Gasteiger charge is -2.03. The van der Waals surface area contributed by atoms with Gasteiger partial charge in [-0.3, -0.25) is 10.1 Å². The van der Waals surface area contributed by atoms with Crippen molar-refractivity contribution in [3.05, 3.63) is 44.1 Å². The smallest absolute Gasteiger partial charge is 0.258 e. The van der Waals surface area contributed by atoms with Gasteiger partial charge in [-0.15, -0.1) is 0 Å². The molecule has 0 aliphatic heterocycles. The van der Waals surface area contributed by atoms with Gasteiger partial charge in [0.25, 0.3) is 5.69 Å². The van der Waals surface area contributed by atoms with Crippen LogP contribution in [0, 0.1) is 21.4 Å². The van der Waals surface area contributed by atoms with Crippen LogP contribution in [0.1, 0.15) is 5.56 Å². The molecule has 5 nitrogen and oxygen atoms in total. The molecule has 0 aliphatic rings. The third-order valence-electron chi connectivity index (χ3n) is 2.20. The Bertz CT molecular complexity index is 679. The van der Waals surface area contributed by atoms with E-state index in [4.69, 9.17) is 28.5 Å². The number of nitro groups is 1. The van der Waals surface area contributed by atoms with Gasteiger partial charge in [-0.25, -0.2) is 4.98 Å². The molecule has 0 amide bonds. The van der Waals surface area contributed by atoms with Crippen LogP contribution in [0.25, 0.3) is 10.9 Å². The van der Waals surface area contributed by atoms with Gasteiger partial charge in [0.15, 0.2) is 5.52 Å². The molecular formula is C10H3Cl2N3O2. The lowest BCUT2D eigenvalue weighted by atomic mass is 10.1. The summed E-state index contributed by atoms with van der Waals surface area (Å²) in [4.78, 5) is 14.1. The number of hydrogen-bond donors (Lipinski definition) is 0. The Morgan fingerprint density at radius 1 is 1.41 bits per heavy atom. The average molecular weight is 268 g/mol. The summed E-state index contributed by atoms with van der Waals surface area (Å²) in [5.41, 5.74) is -0.108. The topological polar surface area (TPSA) is 79.8 Å². The van der Waals surface area contributed by atoms with Crippen molar-refractivity contribution in [2.45, 2.75) is 0 Å². The van der Waals surface area contributed by atoms with Crippen molar-refractivity contribution in [2.75, 3.05) is 0 Å². The van der Waals surface area contributed by atoms with Crippen molar-refractivity contribution in [3.63, 3.8) is 0 Å². The maximum absolute atomic E-state index is 10.8. The number of benzene rings is 1. The number of halogens is 2. The second kappa shape index (κ2) is 4.17. The van der Waals surface area contributed by atoms with Gasteiger partial charge in [-0.1, -0.05) is 35.3 Å². The highest BCUT2D eigenvalue weighted by Crippen LogP contribution is 2.34. The van der Waals surface area contributed by atoms with E-state index in [1.807, 2.05) is 6.07 Å². The fourth-order valence-corrected chi connectivity index (χ4v) is 2.00. The van der Waals surface area contributed by atoms with Crippen molar-refractivity contribution in [1.29, 1.82) is 5.26 Å². The Hall–Kier alpha value is -1.90. The van der Waals surface area contributed by atoms with Crippen molar-refractivity contribution in [2.24, 2.45) is 0 Å². The molecular weight excluding hydrogens is 265 g/mol. The predicted molar refractivity (Wildman–Crippen MR) is 63.1 cm³/mol. The van der Waals surface area contributed by atoms with E-state index in [1.165, 1.54) is 12.1 Å². The molecule has 0 radical (unpaired) electrons. The average Bonchev–Trinajstić information content (AvgIpc) is 2.28. The number of nitro benzene ring substituents is 1. The highest BCUT2D eigenvalue weighted by atomic mass is 35.5. The molecule has 1 aromatic carbocycles. The Labute approximate surface area is 105 Å². The number of para-hydroxylation sites is 1. The summed E-state index contributed by atoms with van der Waals surface area (Å²) in [6, 6.07) is 6.13. The second-order valence-electron chi connectivity index (χ2n) is 3.13. The highest BCUT2D eigenvalue weighted by Gasteiger charge is 2.19. The molecule has 0 N–H and O–H groups in total. The number of non-ortho nitro benzene ring substituents is 1. The van der Waals surface area contributed by atoms with Crippen LogP contribution in [0.15, 0.2) is 18.2 Å². The van der Waals surface area contributed by atoms with Crippen molar-refractivity contribution >= 4 is 39.8 Å². The normalized spacial score (nSPS) is 10.2. The molecule has 84 valence electrons. The van der Waals surface area contributed by atoms with Crippen LogP contribution in [0.4, 0.5) is 5.69 Å². The van der Waals surface area contributed by atoms with Gasteiger partial charge in [-0.05, 0) is 0 Å². The molecule has 1 aromatic heterocycles. The fourth-order valence-electron chi connectivity index (χ4n) is 1.45. The molecule has 0 bridgehead atoms. The molecule has 7 heteroatoms. The first-order valence-electron chi connectivity index (χ1n) is 4.38. The molecule has 0 atom stereocenters. The Morgan fingerprint density at radius 3 is 2.71 bits per heavy atom. The summed E-state index contributed by atoms with van der Waals surface area (Å²) in [5, 5.41) is 19.9. The Balaban J connectivity index is 2.97. The van der Waals surface area contributed by atoms with E-state index in [0.717, 1.165) is 0 Å². The summed E-state index contributed by atoms with van der Waals surface area (Å²) >= 11 is 11.7. The predicted octanol–water partition coefficient (Wildman–Crippen LogP) is 3.32. The molecule has 1 heterocycles. The van der Waals surface area contributed by atoms with E-state index in [9.17, 15) is 10.1 Å². The quantitative estimate of drug-likeness (QED) is 0.451. The number of nitriles is 1. The minimum absolute atomic E-state index is 0.0151. The van der Waals surface area contributed by atoms with Crippen molar-refractivity contribution < 1.29 is 4.92 Å². The third-order valence-corrected chi connectivity index (χ3v) is 2.86. The molecule has 2 aromatic rings. The van der Waals surface area contributed by atoms with Gasteiger partial charge in [0.1, 0.15) is 16.8 Å². The van der Waals surface area contributed by atoms with Gasteiger partial charge in [0, 0.05) is 11.5 Å². The first-order chi connectivity index (χ1) is 8.06. The van der Waals surface area contributed by atoms with Crippen LogP contribution < -0.4 is 0 Å². The van der Waals surface area contributed by atoms with Crippen LogP contribution in [-0.2, 0) is 0 Å². The molecule has 0 saturated heterocycles. The van der Waals surface area contributed by atoms with E-state index in [1.54, 1.807) is 6.07 Å². The molecule has 0 aliphatic carbocycles. The van der Waals surface area contributed by atoms with E-state index >= 15 is 0 Å². The molecule has 0 saturated carbocycles. The third kappa shape index (κ3) is 1.78. The number of aromatic nitrogens is 1. The van der Waals surface area contributed by atoms with Crippen LogP contribution in [0.5, 0.6) is 0 Å². The van der Waals surface area contributed by atoms with Crippen LogP contribution in [0.3, 0.4) is 0 Å². The molecule has 2 rings (SSSR count). The monoisotopic (exact) mass is 267 g/mol. The maximum atomic E-state index is 10.8. The summed E-state index contributed by atoms with van der Waals surface area (Å²) in [6.45, 7) is 0. The number of rotatable bonds is 1. The minimum atomic E-state index is -0.575. The second-order valence-corrected chi connectivity index (χ2v) is 3.87. The summed E-state index contributed by atoms with van der Waals surface area (Å²) in [5.74, 6) is 0. The zero-order valence-corrected chi connectivity index (χ0v) is 9.66. The zero-order valence-electron chi connectivity index (χ0n) is 8.15. The van der Waals surface area contributed by atoms with E-state index in [2.05, 4.69) is 4.98 Å². The standard InChI is InChI=1S/C10H3Cl2N3O2/c11-8-5-2-1-3-7(15(16)17)9(5)14-10(12)6(8)4-13/h1-3H. The number of pyridine rings is 1. The number of hydrogen-bond acceptors (Lipinski definition) is 4. The SMILES string of the molecule is N#Cc1c(Cl)nc2c([N+](=O)[O-])cccc2c1Cl. The van der Waals surface area contributed by atoms with E-state index < -0.39 is 4.92 Å². The lowest BCUT2D eigenvalue weighted by molar-refractivity contribution is -0.383. The van der Waals surface area contributed by atoms with Crippen LogP contribution >= 0.6 is 23.2 Å². The fraction of sp³-hybridized carbons (Fsp3) is 0. The maximum Gasteiger partial charge on any atom is 0.295 e. The summed E-state index contributed by atoms with van der Waals surface area (Å²) in [6.07, 6.45) is 0. The zero-order chi connectivity index (χ0) is 12.6. The number of fused-ring (bicyclic) bond motifs is 1. The van der Waals surface area contributed by atoms with Gasteiger partial charge in [0.2, 0.25) is 0 Å². The van der Waals surface area contributed by atoms with Crippen LogP contribution in [0.2, 0.25) is 10.2 Å². The lowest BCUT2D eigenvalue weighted by Crippen LogP contribution is -1.94. The Kier molecular flexibility index (Phi) is 2.84. The van der Waals surface area contributed by atoms with Crippen molar-refractivity contribution in [3.8, 4) is 6.07 Å². The molecule has 0 spiro atoms. The van der Waals surface area contributed by atoms with Gasteiger partial charge < -0.3 is 0 Å². The van der Waals surface area contributed by atoms with Crippen LogP contribution in [-0.4, -0.2) is 9.91 Å². The Morgan fingerprint density at radius 2 is 2.12 bits per heavy atom. The van der Waals surface area contributed by atoms with E-state index in [-0.39, 0.29) is 26.9 Å². The van der Waals surface area contributed by atoms with Gasteiger partial charge >= 0.3 is 0 Å². The van der Waals surface area contributed by atoms with Gasteiger partial charge in [0.05, 0.1) is 9.95 Å². The first kappa shape index (κ1) is 11.6. The first-order valence-corrected chi connectivity index (χ1v) is 5.14.